The van der Waals surface area contributed by atoms with Gasteiger partial charge in [0.05, 0.1) is 17.2 Å². The maximum absolute atomic E-state index is 16.1. The normalized spacial score (nSPS) is 18.9. The summed E-state index contributed by atoms with van der Waals surface area (Å²) in [4.78, 5) is 13.6. The van der Waals surface area contributed by atoms with Crippen molar-refractivity contribution in [3.05, 3.63) is 58.1 Å². The molecule has 0 bridgehead atoms. The predicted molar refractivity (Wildman–Crippen MR) is 118 cm³/mol. The van der Waals surface area contributed by atoms with Crippen molar-refractivity contribution in [3.63, 3.8) is 0 Å². The number of aromatic nitrogens is 3. The van der Waals surface area contributed by atoms with E-state index in [1.807, 2.05) is 4.57 Å². The van der Waals surface area contributed by atoms with Crippen LogP contribution in [0.1, 0.15) is 54.7 Å². The van der Waals surface area contributed by atoms with Gasteiger partial charge in [-0.1, -0.05) is 18.2 Å². The number of nitrogens with one attached hydrogen (secondary N) is 1. The lowest BCUT2D eigenvalue weighted by atomic mass is 9.87. The highest BCUT2D eigenvalue weighted by Crippen LogP contribution is 2.43. The number of rotatable bonds is 4. The number of ether oxygens (including phenoxy) is 1. The summed E-state index contributed by atoms with van der Waals surface area (Å²) in [6.45, 7) is 5.23. The van der Waals surface area contributed by atoms with Gasteiger partial charge < -0.3 is 14.6 Å². The Morgan fingerprint density at radius 2 is 1.91 bits per heavy atom. The van der Waals surface area contributed by atoms with E-state index in [1.54, 1.807) is 19.9 Å². The van der Waals surface area contributed by atoms with E-state index in [0.29, 0.717) is 54.9 Å². The summed E-state index contributed by atoms with van der Waals surface area (Å²) in [5.41, 5.74) is -0.881. The lowest BCUT2D eigenvalue weighted by Gasteiger charge is -2.32. The first-order valence-corrected chi connectivity index (χ1v) is 11.3. The Bertz CT molecular complexity index is 1270. The van der Waals surface area contributed by atoms with Crippen LogP contribution in [0.5, 0.6) is 0 Å². The standard InChI is InChI=1S/C24H25F4N5O/c1-13(15-4-3-5-16(19(15)25)20(26)27)30-21-17-12-18(24(28)6-10-34-11-7-24)23-29-8-9-33(23)22(17)32-14(2)31-21/h3-5,12-13,20,29H,6-11H2,1-2H3. The monoisotopic (exact) mass is 475 g/mol. The van der Waals surface area contributed by atoms with Crippen LogP contribution >= 0.6 is 0 Å². The third-order valence-electron chi connectivity index (χ3n) is 6.54. The lowest BCUT2D eigenvalue weighted by Crippen LogP contribution is -2.31. The molecule has 180 valence electrons. The fraction of sp³-hybridized carbons (Fsp3) is 0.458. The van der Waals surface area contributed by atoms with E-state index in [9.17, 15) is 13.2 Å². The molecule has 4 aliphatic rings. The molecule has 4 heterocycles. The van der Waals surface area contributed by atoms with Crippen LogP contribution in [0.4, 0.5) is 23.4 Å². The molecule has 0 saturated carbocycles. The Labute approximate surface area is 194 Å². The number of halogens is 4. The van der Waals surface area contributed by atoms with Crippen molar-refractivity contribution in [2.45, 2.75) is 51.4 Å². The first-order chi connectivity index (χ1) is 16.3. The third kappa shape index (κ3) is 3.83. The second-order valence-electron chi connectivity index (χ2n) is 8.75. The van der Waals surface area contributed by atoms with Crippen LogP contribution in [-0.2, 0) is 17.0 Å². The second-order valence-corrected chi connectivity index (χ2v) is 8.75. The van der Waals surface area contributed by atoms with Crippen molar-refractivity contribution in [2.75, 3.05) is 25.1 Å². The number of pyridine rings is 1. The van der Waals surface area contributed by atoms with Crippen molar-refractivity contribution >= 4 is 5.82 Å². The molecule has 1 fully saturated rings. The van der Waals surface area contributed by atoms with Crippen LogP contribution in [0.25, 0.3) is 11.4 Å². The smallest absolute Gasteiger partial charge is 0.266 e. The van der Waals surface area contributed by atoms with E-state index in [0.717, 1.165) is 6.07 Å². The van der Waals surface area contributed by atoms with Gasteiger partial charge in [-0.05, 0) is 19.9 Å². The fourth-order valence-corrected chi connectivity index (χ4v) is 4.76. The number of anilines is 1. The van der Waals surface area contributed by atoms with Crippen LogP contribution in [0.3, 0.4) is 0 Å². The van der Waals surface area contributed by atoms with Crippen molar-refractivity contribution < 1.29 is 22.3 Å². The molecule has 1 N–H and O–H groups in total. The summed E-state index contributed by atoms with van der Waals surface area (Å²) in [7, 11) is 0. The van der Waals surface area contributed by atoms with Gasteiger partial charge in [-0.2, -0.15) is 0 Å². The number of fused-ring (bicyclic) bond motifs is 3. The van der Waals surface area contributed by atoms with Gasteiger partial charge >= 0.3 is 0 Å². The quantitative estimate of drug-likeness (QED) is 0.549. The average Bonchev–Trinajstić information content (AvgIpc) is 3.29. The molecule has 34 heavy (non-hydrogen) atoms. The Morgan fingerprint density at radius 1 is 1.18 bits per heavy atom. The number of nitrogens with zero attached hydrogens (tertiary/aromatic N) is 4. The zero-order valence-corrected chi connectivity index (χ0v) is 18.9. The SMILES string of the molecule is Cc1nc2n3c(c(C4(F)CCOCC4)cc-2c(=NC(C)c2cccc(C(F)F)c2F)n1)NCC3. The molecule has 1 atom stereocenters. The summed E-state index contributed by atoms with van der Waals surface area (Å²) in [5.74, 6) is 0.758. The second kappa shape index (κ2) is 8.65. The zero-order chi connectivity index (χ0) is 24.0. The average molecular weight is 475 g/mol. The minimum Gasteiger partial charge on any atom is -0.381 e. The minimum atomic E-state index is -2.93. The molecular weight excluding hydrogens is 450 g/mol. The van der Waals surface area contributed by atoms with Gasteiger partial charge in [0.15, 0.2) is 5.49 Å². The van der Waals surface area contributed by atoms with Crippen molar-refractivity contribution in [1.29, 1.82) is 0 Å². The summed E-state index contributed by atoms with van der Waals surface area (Å²) in [6.07, 6.45) is -2.47. The summed E-state index contributed by atoms with van der Waals surface area (Å²) >= 11 is 0. The molecule has 1 aromatic rings. The summed E-state index contributed by atoms with van der Waals surface area (Å²) in [5, 5.41) is 3.28. The molecule has 4 aliphatic heterocycles. The van der Waals surface area contributed by atoms with Gasteiger partial charge in [-0.3, -0.25) is 4.99 Å². The van der Waals surface area contributed by atoms with Crippen molar-refractivity contribution in [3.8, 4) is 11.4 Å². The molecule has 6 nitrogen and oxygen atoms in total. The van der Waals surface area contributed by atoms with Gasteiger partial charge in [-0.15, -0.1) is 0 Å². The number of hydrogen-bond acceptors (Lipinski definition) is 5. The van der Waals surface area contributed by atoms with E-state index < -0.39 is 29.5 Å². The number of alkyl halides is 3. The molecular formula is C24H25F4N5O. The van der Waals surface area contributed by atoms with Gasteiger partial charge in [0.25, 0.3) is 6.43 Å². The van der Waals surface area contributed by atoms with Crippen LogP contribution in [-0.4, -0.2) is 34.3 Å². The minimum absolute atomic E-state index is 0.0457. The first kappa shape index (κ1) is 22.8. The van der Waals surface area contributed by atoms with Gasteiger partial charge in [0.1, 0.15) is 29.0 Å². The maximum atomic E-state index is 16.1. The Hall–Kier alpha value is -3.01. The zero-order valence-electron chi connectivity index (χ0n) is 18.9. The van der Waals surface area contributed by atoms with Crippen LogP contribution in [0.15, 0.2) is 29.3 Å². The topological polar surface area (TPSA) is 64.3 Å². The number of benzene rings is 1. The Morgan fingerprint density at radius 3 is 2.65 bits per heavy atom. The van der Waals surface area contributed by atoms with E-state index in [4.69, 9.17) is 4.74 Å². The van der Waals surface area contributed by atoms with Crippen molar-refractivity contribution in [1.82, 2.24) is 14.5 Å². The molecule has 0 spiro atoms. The van der Waals surface area contributed by atoms with Gasteiger partial charge in [0, 0.05) is 50.3 Å². The van der Waals surface area contributed by atoms with E-state index in [-0.39, 0.29) is 23.9 Å². The largest absolute Gasteiger partial charge is 0.381 e. The fourth-order valence-electron chi connectivity index (χ4n) is 4.76. The van der Waals surface area contributed by atoms with E-state index in [1.165, 1.54) is 12.1 Å². The number of aryl methyl sites for hydroxylation is 1. The third-order valence-corrected chi connectivity index (χ3v) is 6.54. The van der Waals surface area contributed by atoms with E-state index in [2.05, 4.69) is 20.3 Å². The lowest BCUT2D eigenvalue weighted by molar-refractivity contribution is -0.0112. The molecule has 1 saturated heterocycles. The molecule has 5 rings (SSSR count). The van der Waals surface area contributed by atoms with Crippen LogP contribution < -0.4 is 10.8 Å². The predicted octanol–water partition coefficient (Wildman–Crippen LogP) is 4.83. The van der Waals surface area contributed by atoms with Crippen molar-refractivity contribution in [2.24, 2.45) is 4.99 Å². The first-order valence-electron chi connectivity index (χ1n) is 11.3. The molecule has 10 heteroatoms. The van der Waals surface area contributed by atoms with E-state index >= 15 is 4.39 Å². The van der Waals surface area contributed by atoms with Gasteiger partial charge in [-0.25, -0.2) is 27.5 Å². The highest BCUT2D eigenvalue weighted by molar-refractivity contribution is 5.67. The highest BCUT2D eigenvalue weighted by Gasteiger charge is 2.39. The molecule has 0 aliphatic carbocycles. The summed E-state index contributed by atoms with van der Waals surface area (Å²) < 4.78 is 64.5. The molecule has 0 radical (unpaired) electrons. The van der Waals surface area contributed by atoms with Crippen LogP contribution in [0.2, 0.25) is 0 Å². The van der Waals surface area contributed by atoms with Gasteiger partial charge in [0.2, 0.25) is 0 Å². The molecule has 0 amide bonds. The number of hydrogen-bond donors (Lipinski definition) is 1. The molecule has 0 aromatic heterocycles. The molecule has 1 aromatic carbocycles. The van der Waals surface area contributed by atoms with Crippen LogP contribution in [0, 0.1) is 12.7 Å². The Kier molecular flexibility index (Phi) is 5.79. The Balaban J connectivity index is 1.70. The highest BCUT2D eigenvalue weighted by atomic mass is 19.3. The molecule has 1 unspecified atom stereocenters. The summed E-state index contributed by atoms with van der Waals surface area (Å²) in [6, 6.07) is 4.82. The maximum Gasteiger partial charge on any atom is 0.266 e.